The number of piperidine rings is 1. The highest BCUT2D eigenvalue weighted by molar-refractivity contribution is 5.85. The van der Waals surface area contributed by atoms with E-state index in [1.54, 1.807) is 0 Å². The molecule has 1 amide bonds. The van der Waals surface area contributed by atoms with Gasteiger partial charge in [-0.15, -0.1) is 12.4 Å². The fraction of sp³-hybridized carbons (Fsp3) is 0.588. The molecule has 0 unspecified atom stereocenters. The third kappa shape index (κ3) is 3.61. The first-order valence-corrected chi connectivity index (χ1v) is 7.94. The Kier molecular flexibility index (Phi) is 5.81. The van der Waals surface area contributed by atoms with Gasteiger partial charge in [-0.1, -0.05) is 18.6 Å². The van der Waals surface area contributed by atoms with Gasteiger partial charge < -0.3 is 10.6 Å². The van der Waals surface area contributed by atoms with Crippen molar-refractivity contribution in [1.82, 2.24) is 10.6 Å². The highest BCUT2D eigenvalue weighted by Crippen LogP contribution is 2.43. The summed E-state index contributed by atoms with van der Waals surface area (Å²) in [6, 6.07) is 6.77. The highest BCUT2D eigenvalue weighted by atomic mass is 35.5. The molecule has 0 atom stereocenters. The Labute approximate surface area is 137 Å². The fourth-order valence-corrected chi connectivity index (χ4v) is 3.46. The van der Waals surface area contributed by atoms with E-state index < -0.39 is 0 Å². The van der Waals surface area contributed by atoms with Crippen molar-refractivity contribution in [2.75, 3.05) is 19.6 Å². The number of hydrogen-bond acceptors (Lipinski definition) is 2. The molecule has 5 heteroatoms. The van der Waals surface area contributed by atoms with Crippen LogP contribution in [-0.2, 0) is 10.2 Å². The van der Waals surface area contributed by atoms with E-state index in [1.807, 2.05) is 12.1 Å². The van der Waals surface area contributed by atoms with Crippen LogP contribution in [0.15, 0.2) is 24.3 Å². The topological polar surface area (TPSA) is 41.1 Å². The first kappa shape index (κ1) is 17.2. The zero-order valence-corrected chi connectivity index (χ0v) is 13.6. The van der Waals surface area contributed by atoms with Gasteiger partial charge in [0.1, 0.15) is 5.82 Å². The summed E-state index contributed by atoms with van der Waals surface area (Å²) in [6.45, 7) is 2.55. The van der Waals surface area contributed by atoms with Gasteiger partial charge in [0.15, 0.2) is 0 Å². The summed E-state index contributed by atoms with van der Waals surface area (Å²) < 4.78 is 13.1. The van der Waals surface area contributed by atoms with Crippen LogP contribution in [0.1, 0.15) is 37.7 Å². The van der Waals surface area contributed by atoms with E-state index in [0.29, 0.717) is 6.54 Å². The average molecular weight is 327 g/mol. The number of carbonyl (C=O) groups is 1. The lowest BCUT2D eigenvalue weighted by molar-refractivity contribution is -0.126. The second-order valence-electron chi connectivity index (χ2n) is 6.38. The highest BCUT2D eigenvalue weighted by Gasteiger charge is 2.39. The molecule has 0 spiro atoms. The standard InChI is InChI=1S/C17H23FN2O.ClH/c18-15-4-2-14(3-5-15)17(8-1-9-17)12-20-16(21)13-6-10-19-11-7-13;/h2-5,13,19H,1,6-12H2,(H,20,21);1H. The van der Waals surface area contributed by atoms with Crippen molar-refractivity contribution in [3.63, 3.8) is 0 Å². The Hall–Kier alpha value is -1.13. The first-order valence-electron chi connectivity index (χ1n) is 7.94. The quantitative estimate of drug-likeness (QED) is 0.893. The molecule has 1 aromatic carbocycles. The lowest BCUT2D eigenvalue weighted by Crippen LogP contribution is -2.48. The van der Waals surface area contributed by atoms with E-state index in [-0.39, 0.29) is 35.5 Å². The molecule has 0 aromatic heterocycles. The molecule has 1 saturated carbocycles. The zero-order valence-electron chi connectivity index (χ0n) is 12.7. The van der Waals surface area contributed by atoms with Gasteiger partial charge in [-0.05, 0) is 56.5 Å². The monoisotopic (exact) mass is 326 g/mol. The number of halogens is 2. The summed E-state index contributed by atoms with van der Waals surface area (Å²) in [5.74, 6) is 0.133. The maximum atomic E-state index is 13.1. The van der Waals surface area contributed by atoms with Crippen molar-refractivity contribution in [2.45, 2.75) is 37.5 Å². The van der Waals surface area contributed by atoms with Crippen molar-refractivity contribution >= 4 is 18.3 Å². The van der Waals surface area contributed by atoms with Crippen LogP contribution in [0, 0.1) is 11.7 Å². The summed E-state index contributed by atoms with van der Waals surface area (Å²) in [5, 5.41) is 6.43. The minimum atomic E-state index is -0.202. The Morgan fingerprint density at radius 2 is 1.86 bits per heavy atom. The molecule has 1 aromatic rings. The minimum absolute atomic E-state index is 0. The predicted molar refractivity (Wildman–Crippen MR) is 87.8 cm³/mol. The normalized spacial score (nSPS) is 20.6. The molecule has 0 radical (unpaired) electrons. The van der Waals surface area contributed by atoms with Crippen molar-refractivity contribution in [1.29, 1.82) is 0 Å². The Bertz CT molecular complexity index is 496. The molecule has 3 rings (SSSR count). The molecular weight excluding hydrogens is 303 g/mol. The van der Waals surface area contributed by atoms with E-state index in [1.165, 1.54) is 18.6 Å². The molecule has 1 heterocycles. The van der Waals surface area contributed by atoms with Crippen LogP contribution < -0.4 is 10.6 Å². The lowest BCUT2D eigenvalue weighted by Gasteiger charge is -2.43. The van der Waals surface area contributed by atoms with Crippen LogP contribution in [0.25, 0.3) is 0 Å². The maximum absolute atomic E-state index is 13.1. The van der Waals surface area contributed by atoms with E-state index in [4.69, 9.17) is 0 Å². The molecule has 1 aliphatic carbocycles. The van der Waals surface area contributed by atoms with Gasteiger partial charge in [-0.3, -0.25) is 4.79 Å². The predicted octanol–water partition coefficient (Wildman–Crippen LogP) is 2.79. The van der Waals surface area contributed by atoms with E-state index >= 15 is 0 Å². The number of hydrogen-bond donors (Lipinski definition) is 2. The van der Waals surface area contributed by atoms with Gasteiger partial charge in [-0.2, -0.15) is 0 Å². The molecular formula is C17H24ClFN2O. The second-order valence-corrected chi connectivity index (χ2v) is 6.38. The van der Waals surface area contributed by atoms with Gasteiger partial charge in [0.05, 0.1) is 0 Å². The van der Waals surface area contributed by atoms with Gasteiger partial charge >= 0.3 is 0 Å². The summed E-state index contributed by atoms with van der Waals surface area (Å²) in [6.07, 6.45) is 5.18. The van der Waals surface area contributed by atoms with Crippen LogP contribution in [-0.4, -0.2) is 25.5 Å². The second kappa shape index (κ2) is 7.42. The van der Waals surface area contributed by atoms with Crippen LogP contribution in [0.4, 0.5) is 4.39 Å². The molecule has 22 heavy (non-hydrogen) atoms. The van der Waals surface area contributed by atoms with Crippen molar-refractivity contribution in [2.24, 2.45) is 5.92 Å². The van der Waals surface area contributed by atoms with Crippen LogP contribution >= 0.6 is 12.4 Å². The van der Waals surface area contributed by atoms with Gasteiger partial charge in [0.2, 0.25) is 5.91 Å². The van der Waals surface area contributed by atoms with Crippen molar-refractivity contribution < 1.29 is 9.18 Å². The first-order chi connectivity index (χ1) is 10.2. The van der Waals surface area contributed by atoms with Crippen molar-refractivity contribution in [3.05, 3.63) is 35.6 Å². The van der Waals surface area contributed by atoms with Crippen LogP contribution in [0.5, 0.6) is 0 Å². The summed E-state index contributed by atoms with van der Waals surface area (Å²) in [4.78, 5) is 12.3. The summed E-state index contributed by atoms with van der Waals surface area (Å²) in [5.41, 5.74) is 1.18. The zero-order chi connectivity index (χ0) is 14.7. The SMILES string of the molecule is Cl.O=C(NCC1(c2ccc(F)cc2)CCC1)C1CCNCC1. The molecule has 2 N–H and O–H groups in total. The maximum Gasteiger partial charge on any atom is 0.223 e. The smallest absolute Gasteiger partial charge is 0.223 e. The Morgan fingerprint density at radius 3 is 2.41 bits per heavy atom. The summed E-state index contributed by atoms with van der Waals surface area (Å²) in [7, 11) is 0. The number of carbonyl (C=O) groups excluding carboxylic acids is 1. The molecule has 122 valence electrons. The lowest BCUT2D eigenvalue weighted by atomic mass is 9.64. The third-order valence-electron chi connectivity index (χ3n) is 5.08. The fourth-order valence-electron chi connectivity index (χ4n) is 3.46. The number of nitrogens with one attached hydrogen (secondary N) is 2. The van der Waals surface area contributed by atoms with E-state index in [9.17, 15) is 9.18 Å². The Balaban J connectivity index is 0.00000176. The van der Waals surface area contributed by atoms with E-state index in [0.717, 1.165) is 44.3 Å². The molecule has 0 bridgehead atoms. The molecule has 3 nitrogen and oxygen atoms in total. The number of amides is 1. The van der Waals surface area contributed by atoms with Gasteiger partial charge in [0, 0.05) is 17.9 Å². The molecule has 2 aliphatic rings. The summed E-state index contributed by atoms with van der Waals surface area (Å²) >= 11 is 0. The van der Waals surface area contributed by atoms with Crippen LogP contribution in [0.2, 0.25) is 0 Å². The molecule has 2 fully saturated rings. The average Bonchev–Trinajstić information content (AvgIpc) is 2.48. The van der Waals surface area contributed by atoms with E-state index in [2.05, 4.69) is 10.6 Å². The van der Waals surface area contributed by atoms with Gasteiger partial charge in [0.25, 0.3) is 0 Å². The van der Waals surface area contributed by atoms with Crippen LogP contribution in [0.3, 0.4) is 0 Å². The Morgan fingerprint density at radius 1 is 1.23 bits per heavy atom. The molecule has 1 saturated heterocycles. The largest absolute Gasteiger partial charge is 0.355 e. The molecule has 1 aliphatic heterocycles. The number of benzene rings is 1. The number of rotatable bonds is 4. The third-order valence-corrected chi connectivity index (χ3v) is 5.08. The minimum Gasteiger partial charge on any atom is -0.355 e. The van der Waals surface area contributed by atoms with Crippen molar-refractivity contribution in [3.8, 4) is 0 Å². The van der Waals surface area contributed by atoms with Gasteiger partial charge in [-0.25, -0.2) is 4.39 Å².